The molecule has 0 spiro atoms. The lowest BCUT2D eigenvalue weighted by molar-refractivity contribution is -0.145. The Kier molecular flexibility index (Phi) is 4.37. The average Bonchev–Trinajstić information content (AvgIpc) is 2.98. The molecule has 0 bridgehead atoms. The first kappa shape index (κ1) is 15.2. The van der Waals surface area contributed by atoms with Gasteiger partial charge >= 0.3 is 5.97 Å². The number of amides is 1. The Hall–Kier alpha value is -2.69. The molecule has 1 aromatic carbocycles. The van der Waals surface area contributed by atoms with Crippen molar-refractivity contribution in [3.63, 3.8) is 0 Å². The highest BCUT2D eigenvalue weighted by atomic mass is 16.5. The van der Waals surface area contributed by atoms with Gasteiger partial charge in [0.15, 0.2) is 0 Å². The van der Waals surface area contributed by atoms with Crippen molar-refractivity contribution >= 4 is 17.6 Å². The monoisotopic (exact) mass is 310 g/mol. The van der Waals surface area contributed by atoms with Crippen LogP contribution < -0.4 is 4.90 Å². The third kappa shape index (κ3) is 3.39. The van der Waals surface area contributed by atoms with Crippen molar-refractivity contribution in [3.8, 4) is 0 Å². The highest BCUT2D eigenvalue weighted by molar-refractivity contribution is 5.99. The van der Waals surface area contributed by atoms with Crippen LogP contribution in [0, 0.1) is 5.92 Å². The normalized spacial score (nSPS) is 17.3. The summed E-state index contributed by atoms with van der Waals surface area (Å²) < 4.78 is 4.73. The zero-order chi connectivity index (χ0) is 16.2. The Bertz CT molecular complexity index is 698. The van der Waals surface area contributed by atoms with Gasteiger partial charge in [0.1, 0.15) is 0 Å². The molecule has 1 saturated heterocycles. The molecule has 23 heavy (non-hydrogen) atoms. The number of anilines is 1. The van der Waals surface area contributed by atoms with E-state index in [2.05, 4.69) is 4.98 Å². The fourth-order valence-electron chi connectivity index (χ4n) is 2.81. The zero-order valence-corrected chi connectivity index (χ0v) is 12.9. The summed E-state index contributed by atoms with van der Waals surface area (Å²) in [4.78, 5) is 29.3. The van der Waals surface area contributed by atoms with E-state index in [1.54, 1.807) is 17.3 Å². The molecular weight excluding hydrogens is 292 g/mol. The maximum absolute atomic E-state index is 12.1. The maximum Gasteiger partial charge on any atom is 0.311 e. The number of hydrogen-bond donors (Lipinski definition) is 0. The third-order valence-corrected chi connectivity index (χ3v) is 4.07. The summed E-state index contributed by atoms with van der Waals surface area (Å²) in [5.74, 6) is -0.735. The van der Waals surface area contributed by atoms with Crippen LogP contribution in [0.4, 0.5) is 5.69 Å². The average molecular weight is 310 g/mol. The molecule has 2 aromatic rings. The zero-order valence-electron chi connectivity index (χ0n) is 12.9. The molecule has 0 radical (unpaired) electrons. The molecule has 1 atom stereocenters. The Labute approximate surface area is 134 Å². The van der Waals surface area contributed by atoms with Gasteiger partial charge in [-0.3, -0.25) is 14.6 Å². The second kappa shape index (κ2) is 6.60. The second-order valence-electron chi connectivity index (χ2n) is 5.63. The van der Waals surface area contributed by atoms with Gasteiger partial charge in [0.2, 0.25) is 5.91 Å². The summed E-state index contributed by atoms with van der Waals surface area (Å²) in [7, 11) is 1.35. The minimum atomic E-state index is -0.371. The van der Waals surface area contributed by atoms with Gasteiger partial charge in [-0.2, -0.15) is 0 Å². The van der Waals surface area contributed by atoms with Crippen molar-refractivity contribution in [3.05, 3.63) is 59.9 Å². The molecule has 1 aliphatic rings. The van der Waals surface area contributed by atoms with E-state index in [1.807, 2.05) is 36.4 Å². The predicted octanol–water partition coefficient (Wildman–Crippen LogP) is 2.20. The number of rotatable bonds is 4. The van der Waals surface area contributed by atoms with Crippen LogP contribution in [0.15, 0.2) is 48.8 Å². The lowest BCUT2D eigenvalue weighted by atomic mass is 10.1. The minimum Gasteiger partial charge on any atom is -0.469 e. The van der Waals surface area contributed by atoms with E-state index < -0.39 is 0 Å². The Morgan fingerprint density at radius 1 is 1.17 bits per heavy atom. The van der Waals surface area contributed by atoms with Crippen LogP contribution in [0.3, 0.4) is 0 Å². The van der Waals surface area contributed by atoms with Gasteiger partial charge in [-0.25, -0.2) is 0 Å². The van der Waals surface area contributed by atoms with Crippen LogP contribution in [0.25, 0.3) is 0 Å². The van der Waals surface area contributed by atoms with Crippen molar-refractivity contribution in [2.24, 2.45) is 5.92 Å². The molecule has 1 fully saturated rings. The summed E-state index contributed by atoms with van der Waals surface area (Å²) in [6, 6.07) is 11.8. The highest BCUT2D eigenvalue weighted by Gasteiger charge is 2.35. The molecule has 5 nitrogen and oxygen atoms in total. The van der Waals surface area contributed by atoms with Gasteiger partial charge in [0, 0.05) is 31.0 Å². The second-order valence-corrected chi connectivity index (χ2v) is 5.63. The molecule has 0 N–H and O–H groups in total. The van der Waals surface area contributed by atoms with Crippen LogP contribution in [0.5, 0.6) is 0 Å². The first-order valence-electron chi connectivity index (χ1n) is 7.53. The summed E-state index contributed by atoms with van der Waals surface area (Å²) in [5.41, 5.74) is 3.17. The number of ether oxygens (including phenoxy) is 1. The van der Waals surface area contributed by atoms with E-state index in [0.29, 0.717) is 6.54 Å². The van der Waals surface area contributed by atoms with E-state index in [1.165, 1.54) is 12.7 Å². The number of nitrogens with zero attached hydrogens (tertiary/aromatic N) is 2. The number of carbonyl (C=O) groups is 2. The van der Waals surface area contributed by atoms with Crippen LogP contribution in [-0.4, -0.2) is 30.5 Å². The molecule has 3 rings (SSSR count). The quantitative estimate of drug-likeness (QED) is 0.812. The Balaban J connectivity index is 1.70. The molecule has 1 aliphatic heterocycles. The van der Waals surface area contributed by atoms with Gasteiger partial charge in [-0.1, -0.05) is 12.1 Å². The summed E-state index contributed by atoms with van der Waals surface area (Å²) in [5, 5.41) is 0. The number of esters is 1. The fourth-order valence-corrected chi connectivity index (χ4v) is 2.81. The Morgan fingerprint density at radius 2 is 1.83 bits per heavy atom. The number of aromatic nitrogens is 1. The van der Waals surface area contributed by atoms with Crippen LogP contribution in [0.1, 0.15) is 17.5 Å². The van der Waals surface area contributed by atoms with Crippen molar-refractivity contribution < 1.29 is 14.3 Å². The molecular formula is C18H18N2O3. The maximum atomic E-state index is 12.1. The fraction of sp³-hybridized carbons (Fsp3) is 0.278. The summed E-state index contributed by atoms with van der Waals surface area (Å²) in [6.45, 7) is 0.384. The topological polar surface area (TPSA) is 59.5 Å². The van der Waals surface area contributed by atoms with Gasteiger partial charge < -0.3 is 9.64 Å². The van der Waals surface area contributed by atoms with Gasteiger partial charge in [-0.15, -0.1) is 0 Å². The van der Waals surface area contributed by atoms with E-state index in [9.17, 15) is 9.59 Å². The minimum absolute atomic E-state index is 0.0396. The number of methoxy groups -OCH3 is 1. The van der Waals surface area contributed by atoms with E-state index >= 15 is 0 Å². The summed E-state index contributed by atoms with van der Waals surface area (Å²) in [6.07, 6.45) is 4.59. The van der Waals surface area contributed by atoms with Crippen LogP contribution in [0.2, 0.25) is 0 Å². The van der Waals surface area contributed by atoms with E-state index in [0.717, 1.165) is 17.7 Å². The van der Waals surface area contributed by atoms with E-state index in [4.69, 9.17) is 4.74 Å². The molecule has 0 saturated carbocycles. The van der Waals surface area contributed by atoms with Gasteiger partial charge in [0.25, 0.3) is 0 Å². The molecule has 118 valence electrons. The standard InChI is InChI=1S/C18H18N2O3/c1-23-18(22)15-11-17(21)20(12-15)16-4-2-13(3-5-16)10-14-6-8-19-9-7-14/h2-9,15H,10-12H2,1H3/t15-/m0/s1. The number of benzene rings is 1. The molecule has 0 aliphatic carbocycles. The van der Waals surface area contributed by atoms with Crippen molar-refractivity contribution in [2.45, 2.75) is 12.8 Å². The number of hydrogen-bond acceptors (Lipinski definition) is 4. The molecule has 1 amide bonds. The van der Waals surface area contributed by atoms with Crippen LogP contribution >= 0.6 is 0 Å². The number of carbonyl (C=O) groups excluding carboxylic acids is 2. The first-order chi connectivity index (χ1) is 11.2. The highest BCUT2D eigenvalue weighted by Crippen LogP contribution is 2.26. The van der Waals surface area contributed by atoms with Crippen LogP contribution in [-0.2, 0) is 20.7 Å². The predicted molar refractivity (Wildman–Crippen MR) is 86.0 cm³/mol. The SMILES string of the molecule is COC(=O)[C@H]1CC(=O)N(c2ccc(Cc3ccncc3)cc2)C1. The molecule has 0 unspecified atom stereocenters. The third-order valence-electron chi connectivity index (χ3n) is 4.07. The van der Waals surface area contributed by atoms with Gasteiger partial charge in [-0.05, 0) is 41.8 Å². The smallest absolute Gasteiger partial charge is 0.311 e. The molecule has 5 heteroatoms. The van der Waals surface area contributed by atoms with E-state index in [-0.39, 0.29) is 24.2 Å². The summed E-state index contributed by atoms with van der Waals surface area (Å²) >= 11 is 0. The lowest BCUT2D eigenvalue weighted by Gasteiger charge is -2.16. The first-order valence-corrected chi connectivity index (χ1v) is 7.53. The Morgan fingerprint density at radius 3 is 2.48 bits per heavy atom. The molecule has 1 aromatic heterocycles. The lowest BCUT2D eigenvalue weighted by Crippen LogP contribution is -2.26. The largest absolute Gasteiger partial charge is 0.469 e. The molecule has 2 heterocycles. The number of pyridine rings is 1. The van der Waals surface area contributed by atoms with Crippen molar-refractivity contribution in [2.75, 3.05) is 18.6 Å². The van der Waals surface area contributed by atoms with Crippen molar-refractivity contribution in [1.29, 1.82) is 0 Å². The van der Waals surface area contributed by atoms with Crippen molar-refractivity contribution in [1.82, 2.24) is 4.98 Å². The van der Waals surface area contributed by atoms with Gasteiger partial charge in [0.05, 0.1) is 13.0 Å².